The average molecular weight is 398 g/mol. The van der Waals surface area contributed by atoms with Gasteiger partial charge in [-0.2, -0.15) is 0 Å². The van der Waals surface area contributed by atoms with Crippen molar-refractivity contribution in [3.63, 3.8) is 0 Å². The molecule has 3 rings (SSSR count). The van der Waals surface area contributed by atoms with Crippen molar-refractivity contribution in [3.8, 4) is 5.75 Å². The Kier molecular flexibility index (Phi) is 6.04. The summed E-state index contributed by atoms with van der Waals surface area (Å²) in [7, 11) is 0. The van der Waals surface area contributed by atoms with Crippen molar-refractivity contribution in [2.45, 2.75) is 32.4 Å². The Labute approximate surface area is 168 Å². The lowest BCUT2D eigenvalue weighted by molar-refractivity contribution is -0.121. The van der Waals surface area contributed by atoms with Crippen LogP contribution in [-0.2, 0) is 9.59 Å². The van der Waals surface area contributed by atoms with Gasteiger partial charge >= 0.3 is 0 Å². The molecule has 0 bridgehead atoms. The van der Waals surface area contributed by atoms with Gasteiger partial charge in [0.15, 0.2) is 5.17 Å². The predicted octanol–water partition coefficient (Wildman–Crippen LogP) is 4.11. The van der Waals surface area contributed by atoms with Gasteiger partial charge in [0.2, 0.25) is 11.8 Å². The second-order valence-corrected chi connectivity index (χ2v) is 7.75. The summed E-state index contributed by atoms with van der Waals surface area (Å²) in [6.45, 7) is 6.45. The number of amides is 2. The number of carbonyl (C=O) groups excluding carboxylic acids is 2. The van der Waals surface area contributed by atoms with E-state index >= 15 is 0 Å². The smallest absolute Gasteiger partial charge is 0.247 e. The first-order chi connectivity index (χ1) is 13.4. The van der Waals surface area contributed by atoms with E-state index in [2.05, 4.69) is 5.32 Å². The van der Waals surface area contributed by atoms with E-state index in [0.717, 1.165) is 22.9 Å². The summed E-state index contributed by atoms with van der Waals surface area (Å²) >= 11 is 1.10. The molecule has 0 radical (unpaired) electrons. The van der Waals surface area contributed by atoms with Gasteiger partial charge in [-0.1, -0.05) is 17.8 Å². The molecule has 2 aromatic rings. The Balaban J connectivity index is 1.65. The van der Waals surface area contributed by atoms with Crippen molar-refractivity contribution >= 4 is 40.1 Å². The molecular weight excluding hydrogens is 374 g/mol. The molecule has 1 fully saturated rings. The first-order valence-corrected chi connectivity index (χ1v) is 9.96. The highest BCUT2D eigenvalue weighted by atomic mass is 32.2. The minimum atomic E-state index is -0.606. The second-order valence-electron chi connectivity index (χ2n) is 6.56. The van der Waals surface area contributed by atoms with Gasteiger partial charge in [-0.15, -0.1) is 0 Å². The monoisotopic (exact) mass is 397 g/mol. The van der Waals surface area contributed by atoms with E-state index < -0.39 is 5.25 Å². The third-order valence-electron chi connectivity index (χ3n) is 4.52. The van der Waals surface area contributed by atoms with E-state index in [1.807, 2.05) is 39.0 Å². The standard InChI is InChI=1S/C21H23N3O3S/c1-4-27-17-9-7-16(8-10-17)24-20(26)18(28-21(24)22)12-19(25)23-15-6-5-13(2)14(3)11-15/h5-11,18,22H,4,12H2,1-3H3,(H,23,25). The number of anilines is 2. The van der Waals surface area contributed by atoms with Crippen molar-refractivity contribution < 1.29 is 14.3 Å². The maximum atomic E-state index is 12.8. The Morgan fingerprint density at radius 1 is 1.18 bits per heavy atom. The van der Waals surface area contributed by atoms with E-state index in [1.54, 1.807) is 24.3 Å². The minimum absolute atomic E-state index is 0.0202. The van der Waals surface area contributed by atoms with Gasteiger partial charge in [-0.25, -0.2) is 0 Å². The summed E-state index contributed by atoms with van der Waals surface area (Å²) in [5.41, 5.74) is 3.55. The lowest BCUT2D eigenvalue weighted by Crippen LogP contribution is -2.33. The van der Waals surface area contributed by atoms with Crippen LogP contribution in [0.5, 0.6) is 5.75 Å². The van der Waals surface area contributed by atoms with Crippen LogP contribution in [0, 0.1) is 19.3 Å². The van der Waals surface area contributed by atoms with E-state index in [9.17, 15) is 9.59 Å². The molecule has 0 saturated carbocycles. The quantitative estimate of drug-likeness (QED) is 0.768. The number of hydrogen-bond donors (Lipinski definition) is 2. The summed E-state index contributed by atoms with van der Waals surface area (Å²) in [4.78, 5) is 26.5. The second kappa shape index (κ2) is 8.48. The largest absolute Gasteiger partial charge is 0.494 e. The lowest BCUT2D eigenvalue weighted by Gasteiger charge is -2.16. The molecule has 146 valence electrons. The number of hydrogen-bond acceptors (Lipinski definition) is 5. The van der Waals surface area contributed by atoms with Crippen LogP contribution in [0.1, 0.15) is 24.5 Å². The zero-order valence-corrected chi connectivity index (χ0v) is 16.9. The van der Waals surface area contributed by atoms with Crippen LogP contribution in [0.2, 0.25) is 0 Å². The topological polar surface area (TPSA) is 82.5 Å². The lowest BCUT2D eigenvalue weighted by atomic mass is 10.1. The van der Waals surface area contributed by atoms with Crippen molar-refractivity contribution in [1.29, 1.82) is 5.41 Å². The predicted molar refractivity (Wildman–Crippen MR) is 113 cm³/mol. The molecule has 28 heavy (non-hydrogen) atoms. The maximum Gasteiger partial charge on any atom is 0.247 e. The number of ether oxygens (including phenoxy) is 1. The molecule has 7 heteroatoms. The SMILES string of the molecule is CCOc1ccc(N2C(=N)SC(CC(=O)Nc3ccc(C)c(C)c3)C2=O)cc1. The van der Waals surface area contributed by atoms with Gasteiger partial charge in [0.05, 0.1) is 12.3 Å². The van der Waals surface area contributed by atoms with Gasteiger partial charge in [-0.05, 0) is 68.3 Å². The van der Waals surface area contributed by atoms with Crippen molar-refractivity contribution in [1.82, 2.24) is 0 Å². The Morgan fingerprint density at radius 2 is 1.89 bits per heavy atom. The molecule has 1 aliphatic rings. The number of carbonyl (C=O) groups is 2. The number of thioether (sulfide) groups is 1. The van der Waals surface area contributed by atoms with Gasteiger partial charge < -0.3 is 10.1 Å². The number of benzene rings is 2. The van der Waals surface area contributed by atoms with Crippen molar-refractivity contribution in [2.24, 2.45) is 0 Å². The van der Waals surface area contributed by atoms with Crippen LogP contribution in [0.4, 0.5) is 11.4 Å². The number of nitrogens with zero attached hydrogens (tertiary/aromatic N) is 1. The van der Waals surface area contributed by atoms with Crippen LogP contribution in [-0.4, -0.2) is 28.8 Å². The highest BCUT2D eigenvalue weighted by Gasteiger charge is 2.39. The molecule has 2 amide bonds. The first kappa shape index (κ1) is 19.9. The van der Waals surface area contributed by atoms with E-state index in [0.29, 0.717) is 23.7 Å². The molecule has 0 spiro atoms. The normalized spacial score (nSPS) is 16.4. The van der Waals surface area contributed by atoms with Crippen LogP contribution >= 0.6 is 11.8 Å². The van der Waals surface area contributed by atoms with Crippen molar-refractivity contribution in [2.75, 3.05) is 16.8 Å². The molecular formula is C21H23N3O3S. The van der Waals surface area contributed by atoms with Gasteiger partial charge in [-0.3, -0.25) is 19.9 Å². The minimum Gasteiger partial charge on any atom is -0.494 e. The van der Waals surface area contributed by atoms with Crippen LogP contribution in [0.3, 0.4) is 0 Å². The summed E-state index contributed by atoms with van der Waals surface area (Å²) in [6, 6.07) is 12.7. The summed E-state index contributed by atoms with van der Waals surface area (Å²) < 4.78 is 5.41. The van der Waals surface area contributed by atoms with Gasteiger partial charge in [0, 0.05) is 12.1 Å². The number of rotatable bonds is 6. The first-order valence-electron chi connectivity index (χ1n) is 9.08. The summed E-state index contributed by atoms with van der Waals surface area (Å²) in [5.74, 6) is 0.214. The molecule has 0 aliphatic carbocycles. The van der Waals surface area contributed by atoms with Crippen molar-refractivity contribution in [3.05, 3.63) is 53.6 Å². The fourth-order valence-corrected chi connectivity index (χ4v) is 3.92. The molecule has 2 aromatic carbocycles. The zero-order valence-electron chi connectivity index (χ0n) is 16.1. The molecule has 6 nitrogen and oxygen atoms in total. The molecule has 2 N–H and O–H groups in total. The molecule has 0 aromatic heterocycles. The van der Waals surface area contributed by atoms with E-state index in [-0.39, 0.29) is 23.4 Å². The Morgan fingerprint density at radius 3 is 2.54 bits per heavy atom. The number of nitrogens with one attached hydrogen (secondary N) is 2. The highest BCUT2D eigenvalue weighted by Crippen LogP contribution is 2.33. The number of aryl methyl sites for hydroxylation is 2. The van der Waals surface area contributed by atoms with Gasteiger partial charge in [0.25, 0.3) is 0 Å². The fourth-order valence-electron chi connectivity index (χ4n) is 2.91. The molecule has 1 aliphatic heterocycles. The van der Waals surface area contributed by atoms with E-state index in [1.165, 1.54) is 4.90 Å². The molecule has 1 unspecified atom stereocenters. The van der Waals surface area contributed by atoms with Crippen LogP contribution in [0.15, 0.2) is 42.5 Å². The summed E-state index contributed by atoms with van der Waals surface area (Å²) in [6.07, 6.45) is 0.0202. The zero-order chi connectivity index (χ0) is 20.3. The third-order valence-corrected chi connectivity index (χ3v) is 5.58. The Bertz CT molecular complexity index is 912. The number of amidine groups is 1. The maximum absolute atomic E-state index is 12.8. The average Bonchev–Trinajstić information content (AvgIpc) is 2.92. The third kappa shape index (κ3) is 4.36. The van der Waals surface area contributed by atoms with E-state index in [4.69, 9.17) is 10.1 Å². The molecule has 1 atom stereocenters. The fraction of sp³-hybridized carbons (Fsp3) is 0.286. The van der Waals surface area contributed by atoms with Gasteiger partial charge in [0.1, 0.15) is 11.0 Å². The van der Waals surface area contributed by atoms with Crippen LogP contribution < -0.4 is 15.0 Å². The molecule has 1 heterocycles. The van der Waals surface area contributed by atoms with Crippen LogP contribution in [0.25, 0.3) is 0 Å². The summed E-state index contributed by atoms with van der Waals surface area (Å²) in [5, 5.41) is 10.5. The molecule has 1 saturated heterocycles. The highest BCUT2D eigenvalue weighted by molar-refractivity contribution is 8.16. The Hall–Kier alpha value is -2.80.